The van der Waals surface area contributed by atoms with E-state index < -0.39 is 20.0 Å². The van der Waals surface area contributed by atoms with Gasteiger partial charge in [0.25, 0.3) is 0 Å². The molecule has 1 amide bonds. The highest BCUT2D eigenvalue weighted by atomic mass is 31.2. The number of hydrogen-bond donors (Lipinski definition) is 1. The molecule has 0 bridgehead atoms. The monoisotopic (exact) mass is 582 g/mol. The van der Waals surface area contributed by atoms with Crippen molar-refractivity contribution in [2.45, 2.75) is 20.1 Å². The quantitative estimate of drug-likeness (QED) is 0.147. The smallest absolute Gasteiger partial charge is 0.310 e. The van der Waals surface area contributed by atoms with Crippen LogP contribution in [0.4, 0.5) is 10.1 Å². The Bertz CT molecular complexity index is 1620. The van der Waals surface area contributed by atoms with Crippen LogP contribution in [0.15, 0.2) is 67.4 Å². The lowest BCUT2D eigenvalue weighted by atomic mass is 10.0. The van der Waals surface area contributed by atoms with Gasteiger partial charge in [-0.3, -0.25) is 18.8 Å². The summed E-state index contributed by atoms with van der Waals surface area (Å²) < 4.78 is 38.1. The first-order chi connectivity index (χ1) is 19.5. The van der Waals surface area contributed by atoms with Crippen LogP contribution in [0.25, 0.3) is 33.3 Å². The van der Waals surface area contributed by atoms with Gasteiger partial charge >= 0.3 is 7.82 Å². The number of anilines is 1. The molecular formula is C28H32FN6O5P. The van der Waals surface area contributed by atoms with E-state index in [0.717, 1.165) is 0 Å². The minimum absolute atomic E-state index is 0.00364. The lowest BCUT2D eigenvalue weighted by molar-refractivity contribution is -0.113. The number of amides is 1. The van der Waals surface area contributed by atoms with Gasteiger partial charge in [-0.15, -0.1) is 0 Å². The highest BCUT2D eigenvalue weighted by molar-refractivity contribution is 7.47. The van der Waals surface area contributed by atoms with Crippen molar-refractivity contribution in [3.05, 3.63) is 73.3 Å². The highest BCUT2D eigenvalue weighted by Gasteiger charge is 2.26. The minimum Gasteiger partial charge on any atom is -0.310 e. The summed E-state index contributed by atoms with van der Waals surface area (Å²) in [4.78, 5) is 38.7. The van der Waals surface area contributed by atoms with Crippen molar-refractivity contribution >= 4 is 30.5 Å². The Morgan fingerprint density at radius 2 is 1.90 bits per heavy atom. The highest BCUT2D eigenvalue weighted by Crippen LogP contribution is 2.47. The molecule has 0 aliphatic heterocycles. The van der Waals surface area contributed by atoms with Crippen LogP contribution in [0.3, 0.4) is 0 Å². The van der Waals surface area contributed by atoms with Crippen molar-refractivity contribution in [2.75, 3.05) is 39.2 Å². The van der Waals surface area contributed by atoms with Crippen LogP contribution in [0, 0.1) is 5.95 Å². The van der Waals surface area contributed by atoms with Crippen LogP contribution in [0.2, 0.25) is 0 Å². The zero-order chi connectivity index (χ0) is 29.7. The first kappa shape index (κ1) is 30.2. The topological polar surface area (TPSA) is 123 Å². The molecule has 4 heterocycles. The summed E-state index contributed by atoms with van der Waals surface area (Å²) >= 11 is 0. The molecule has 0 spiro atoms. The third-order valence-electron chi connectivity index (χ3n) is 6.18. The minimum atomic E-state index is -4.32. The zero-order valence-corrected chi connectivity index (χ0v) is 24.3. The molecule has 0 radical (unpaired) electrons. The van der Waals surface area contributed by atoms with Gasteiger partial charge in [-0.05, 0) is 51.7 Å². The summed E-state index contributed by atoms with van der Waals surface area (Å²) in [7, 11) is 1.18. The van der Waals surface area contributed by atoms with Gasteiger partial charge in [-0.1, -0.05) is 6.08 Å². The number of nitrogens with zero attached hydrogens (tertiary/aromatic N) is 6. The third kappa shape index (κ3) is 7.29. The molecule has 0 aliphatic carbocycles. The molecule has 0 aliphatic rings. The summed E-state index contributed by atoms with van der Waals surface area (Å²) in [5.41, 5.74) is 3.57. The fourth-order valence-corrected chi connectivity index (χ4v) is 5.05. The zero-order valence-electron chi connectivity index (χ0n) is 23.4. The second-order valence-corrected chi connectivity index (χ2v) is 10.9. The van der Waals surface area contributed by atoms with E-state index >= 15 is 0 Å². The van der Waals surface area contributed by atoms with E-state index in [9.17, 15) is 18.6 Å². The average molecular weight is 583 g/mol. The van der Waals surface area contributed by atoms with Crippen LogP contribution >= 0.6 is 7.82 Å². The first-order valence-electron chi connectivity index (χ1n) is 12.8. The van der Waals surface area contributed by atoms with E-state index in [-0.39, 0.29) is 12.5 Å². The Morgan fingerprint density at radius 1 is 1.15 bits per heavy atom. The second kappa shape index (κ2) is 12.8. The van der Waals surface area contributed by atoms with E-state index in [0.29, 0.717) is 45.5 Å². The van der Waals surface area contributed by atoms with Gasteiger partial charge < -0.3 is 19.3 Å². The van der Waals surface area contributed by atoms with Gasteiger partial charge in [-0.2, -0.15) is 4.39 Å². The Kier molecular flexibility index (Phi) is 9.42. The fraction of sp³-hybridized carbons (Fsp3) is 0.286. The molecule has 0 aromatic carbocycles. The van der Waals surface area contributed by atoms with Gasteiger partial charge in [0.05, 0.1) is 18.5 Å². The Labute approximate surface area is 237 Å². The van der Waals surface area contributed by atoms with Crippen molar-refractivity contribution in [2.24, 2.45) is 0 Å². The van der Waals surface area contributed by atoms with Crippen LogP contribution < -0.4 is 4.90 Å². The number of pyridine rings is 3. The third-order valence-corrected chi connectivity index (χ3v) is 7.34. The van der Waals surface area contributed by atoms with Gasteiger partial charge in [0.1, 0.15) is 11.9 Å². The molecule has 4 aromatic rings. The predicted octanol–water partition coefficient (Wildman–Crippen LogP) is 5.05. The molecule has 0 saturated heterocycles. The first-order valence-corrected chi connectivity index (χ1v) is 14.3. The van der Waals surface area contributed by atoms with Crippen LogP contribution in [0.5, 0.6) is 0 Å². The van der Waals surface area contributed by atoms with Gasteiger partial charge in [0, 0.05) is 72.6 Å². The van der Waals surface area contributed by atoms with E-state index in [2.05, 4.69) is 15.0 Å². The molecular weight excluding hydrogens is 550 g/mol. The molecule has 13 heteroatoms. The van der Waals surface area contributed by atoms with Crippen molar-refractivity contribution in [1.82, 2.24) is 24.4 Å². The van der Waals surface area contributed by atoms with Crippen molar-refractivity contribution in [3.8, 4) is 22.3 Å². The number of carbonyl (C=O) groups excluding carboxylic acids is 1. The predicted molar refractivity (Wildman–Crippen MR) is 155 cm³/mol. The molecule has 4 rings (SSSR count). The maximum atomic E-state index is 14.1. The number of likely N-dealkylation sites (N-methyl/N-ethyl adjacent to an activating group) is 2. The summed E-state index contributed by atoms with van der Waals surface area (Å²) in [6.07, 6.45) is 10.3. The number of aromatic nitrogens is 4. The molecule has 41 heavy (non-hydrogen) atoms. The maximum Gasteiger partial charge on any atom is 0.474 e. The van der Waals surface area contributed by atoms with Gasteiger partial charge in [0.15, 0.2) is 0 Å². The molecule has 0 fully saturated rings. The number of phosphoric ester groups is 1. The Morgan fingerprint density at radius 3 is 2.61 bits per heavy atom. The Hall–Kier alpha value is -3.80. The van der Waals surface area contributed by atoms with Crippen LogP contribution in [0.1, 0.15) is 20.1 Å². The number of hydrogen-bond acceptors (Lipinski definition) is 8. The molecule has 0 saturated carbocycles. The average Bonchev–Trinajstić information content (AvgIpc) is 3.31. The van der Waals surface area contributed by atoms with E-state index in [1.165, 1.54) is 23.2 Å². The van der Waals surface area contributed by atoms with Crippen LogP contribution in [-0.2, 0) is 18.4 Å². The van der Waals surface area contributed by atoms with Crippen molar-refractivity contribution in [3.63, 3.8) is 0 Å². The number of halogens is 1. The van der Waals surface area contributed by atoms with E-state index in [1.54, 1.807) is 62.4 Å². The molecule has 4 aromatic heterocycles. The van der Waals surface area contributed by atoms with E-state index in [4.69, 9.17) is 9.05 Å². The fourth-order valence-electron chi connectivity index (χ4n) is 4.18. The molecule has 216 valence electrons. The van der Waals surface area contributed by atoms with Gasteiger partial charge in [0.2, 0.25) is 11.9 Å². The van der Waals surface area contributed by atoms with Crippen LogP contribution in [-0.4, -0.2) is 69.5 Å². The van der Waals surface area contributed by atoms with Gasteiger partial charge in [-0.25, -0.2) is 14.5 Å². The lowest BCUT2D eigenvalue weighted by Crippen LogP contribution is -2.24. The number of carbonyl (C=O) groups is 1. The molecule has 2 atom stereocenters. The SMILES string of the molecule is CCOP(=O)(O)OC(C)n1cc(-c2ccnc(F)c2)c2cc(-c3cncc(N(C)C(=O)C=CCN(C)C)c3)cnc21. The van der Waals surface area contributed by atoms with Crippen molar-refractivity contribution in [1.29, 1.82) is 0 Å². The summed E-state index contributed by atoms with van der Waals surface area (Å²) in [5.74, 6) is -0.849. The van der Waals surface area contributed by atoms with E-state index in [1.807, 2.05) is 31.1 Å². The maximum absolute atomic E-state index is 14.1. The number of fused-ring (bicyclic) bond motifs is 1. The Balaban J connectivity index is 1.76. The standard InChI is InChI=1S/C28H32FN6O5P/c1-6-39-41(37,38)40-19(2)35-18-25(20-9-10-31-26(29)14-20)24-13-22(16-32-28(24)35)21-12-23(17-30-15-21)34(5)27(36)8-7-11-33(3)4/h7-10,12-19H,6,11H2,1-5H3,(H,37,38). The molecule has 2 unspecified atom stereocenters. The summed E-state index contributed by atoms with van der Waals surface area (Å²) in [5, 5.41) is 0.634. The lowest BCUT2D eigenvalue weighted by Gasteiger charge is -2.19. The normalized spacial score (nSPS) is 14.0. The second-order valence-electron chi connectivity index (χ2n) is 9.50. The summed E-state index contributed by atoms with van der Waals surface area (Å²) in [6.45, 7) is 3.80. The number of phosphoric acid groups is 1. The largest absolute Gasteiger partial charge is 0.474 e. The number of rotatable bonds is 11. The molecule has 1 N–H and O–H groups in total. The van der Waals surface area contributed by atoms with Crippen molar-refractivity contribution < 1.29 is 27.7 Å². The summed E-state index contributed by atoms with van der Waals surface area (Å²) in [6, 6.07) is 6.64. The molecule has 11 nitrogen and oxygen atoms in total.